The number of anilines is 1. The lowest BCUT2D eigenvalue weighted by Crippen LogP contribution is -2.87. The molecule has 1 aliphatic carbocycles. The molecule has 0 unspecified atom stereocenters. The summed E-state index contributed by atoms with van der Waals surface area (Å²) in [5.74, 6) is 0.0370. The molecule has 0 spiro atoms. The van der Waals surface area contributed by atoms with Crippen LogP contribution in [0.15, 0.2) is 53.0 Å². The summed E-state index contributed by atoms with van der Waals surface area (Å²) in [5.41, 5.74) is 3.65. The number of quaternary nitrogens is 1. The van der Waals surface area contributed by atoms with Gasteiger partial charge in [0.2, 0.25) is 0 Å². The summed E-state index contributed by atoms with van der Waals surface area (Å²) in [7, 11) is 0. The topological polar surface area (TPSA) is 45.7 Å². The van der Waals surface area contributed by atoms with E-state index in [1.165, 1.54) is 17.5 Å². The van der Waals surface area contributed by atoms with E-state index >= 15 is 0 Å². The summed E-state index contributed by atoms with van der Waals surface area (Å²) in [6, 6.07) is 16.7. The van der Waals surface area contributed by atoms with Crippen LogP contribution in [0, 0.1) is 0 Å². The Morgan fingerprint density at radius 2 is 1.95 bits per heavy atom. The molecule has 0 saturated carbocycles. The van der Waals surface area contributed by atoms with Crippen molar-refractivity contribution in [2.24, 2.45) is 0 Å². The molecule has 1 atom stereocenters. The first-order valence-electron chi connectivity index (χ1n) is 7.69. The van der Waals surface area contributed by atoms with Gasteiger partial charge in [-0.25, -0.2) is 0 Å². The summed E-state index contributed by atoms with van der Waals surface area (Å²) in [5, 5.41) is 5.11. The van der Waals surface area contributed by atoms with Gasteiger partial charge in [0, 0.05) is 16.5 Å². The third-order valence-corrected chi connectivity index (χ3v) is 4.84. The predicted octanol–water partition coefficient (Wildman–Crippen LogP) is 3.03. The zero-order valence-corrected chi connectivity index (χ0v) is 14.0. The van der Waals surface area contributed by atoms with Gasteiger partial charge in [0.05, 0.1) is 5.69 Å². The minimum Gasteiger partial charge on any atom is -0.332 e. The van der Waals surface area contributed by atoms with E-state index in [0.29, 0.717) is 12.6 Å². The number of nitrogens with one attached hydrogen (secondary N) is 1. The van der Waals surface area contributed by atoms with Crippen LogP contribution in [0.4, 0.5) is 5.69 Å². The lowest BCUT2D eigenvalue weighted by atomic mass is 9.88. The zero-order valence-electron chi connectivity index (χ0n) is 12.4. The molecule has 0 heterocycles. The second-order valence-electron chi connectivity index (χ2n) is 5.67. The second kappa shape index (κ2) is 7.07. The highest BCUT2D eigenvalue weighted by molar-refractivity contribution is 9.10. The quantitative estimate of drug-likeness (QED) is 0.865. The normalized spacial score (nSPS) is 16.9. The Labute approximate surface area is 139 Å². The first-order chi connectivity index (χ1) is 10.7. The van der Waals surface area contributed by atoms with Crippen molar-refractivity contribution in [2.45, 2.75) is 25.3 Å². The molecule has 2 aromatic rings. The van der Waals surface area contributed by atoms with E-state index in [0.717, 1.165) is 23.0 Å². The molecule has 2 aromatic carbocycles. The van der Waals surface area contributed by atoms with Gasteiger partial charge in [-0.15, -0.1) is 0 Å². The Balaban J connectivity index is 1.59. The zero-order chi connectivity index (χ0) is 15.4. The molecule has 0 fully saturated rings. The number of nitrogens with two attached hydrogens (primary N) is 1. The highest BCUT2D eigenvalue weighted by Gasteiger charge is 2.23. The van der Waals surface area contributed by atoms with E-state index in [-0.39, 0.29) is 5.91 Å². The molecule has 3 rings (SSSR count). The van der Waals surface area contributed by atoms with Crippen molar-refractivity contribution in [3.8, 4) is 0 Å². The van der Waals surface area contributed by atoms with Crippen LogP contribution in [-0.4, -0.2) is 12.5 Å². The van der Waals surface area contributed by atoms with Crippen LogP contribution in [0.3, 0.4) is 0 Å². The van der Waals surface area contributed by atoms with E-state index in [1.54, 1.807) is 0 Å². The fourth-order valence-corrected chi connectivity index (χ4v) is 3.43. The van der Waals surface area contributed by atoms with Crippen molar-refractivity contribution in [2.75, 3.05) is 11.9 Å². The van der Waals surface area contributed by atoms with Gasteiger partial charge in [-0.3, -0.25) is 4.79 Å². The third kappa shape index (κ3) is 3.57. The van der Waals surface area contributed by atoms with Crippen molar-refractivity contribution >= 4 is 27.5 Å². The summed E-state index contributed by atoms with van der Waals surface area (Å²) in [4.78, 5) is 12.2. The highest BCUT2D eigenvalue weighted by Crippen LogP contribution is 2.26. The monoisotopic (exact) mass is 359 g/mol. The van der Waals surface area contributed by atoms with Crippen molar-refractivity contribution in [1.82, 2.24) is 0 Å². The Bertz CT molecular complexity index is 672. The molecule has 0 aromatic heterocycles. The van der Waals surface area contributed by atoms with E-state index in [2.05, 4.69) is 50.8 Å². The van der Waals surface area contributed by atoms with Gasteiger partial charge in [-0.1, -0.05) is 36.4 Å². The standard InChI is InChI=1S/C18H19BrN2O/c19-15-9-3-4-10-17(15)21-18(22)12-20-16-11-5-7-13-6-1-2-8-14(13)16/h1-4,6,8-10,16,20H,5,7,11-12H2,(H,21,22)/p+1/t16-/m0/s1. The number of carbonyl (C=O) groups excluding carboxylic acids is 1. The van der Waals surface area contributed by atoms with Gasteiger partial charge < -0.3 is 10.6 Å². The molecule has 114 valence electrons. The fraction of sp³-hybridized carbons (Fsp3) is 0.278. The molecular formula is C18H20BrN2O+. The van der Waals surface area contributed by atoms with Crippen molar-refractivity contribution in [3.05, 3.63) is 64.1 Å². The molecule has 1 amide bonds. The van der Waals surface area contributed by atoms with E-state index in [1.807, 2.05) is 24.3 Å². The molecule has 0 saturated heterocycles. The van der Waals surface area contributed by atoms with Gasteiger partial charge in [0.15, 0.2) is 6.54 Å². The summed E-state index contributed by atoms with van der Waals surface area (Å²) < 4.78 is 0.909. The first kappa shape index (κ1) is 15.3. The Morgan fingerprint density at radius 1 is 1.18 bits per heavy atom. The average Bonchev–Trinajstić information content (AvgIpc) is 2.55. The molecule has 22 heavy (non-hydrogen) atoms. The summed E-state index contributed by atoms with van der Waals surface area (Å²) in [6.45, 7) is 0.445. The summed E-state index contributed by atoms with van der Waals surface area (Å²) >= 11 is 3.45. The molecule has 0 aliphatic heterocycles. The van der Waals surface area contributed by atoms with Gasteiger partial charge in [-0.05, 0) is 46.5 Å². The lowest BCUT2D eigenvalue weighted by Gasteiger charge is -2.23. The minimum atomic E-state index is 0.0370. The third-order valence-electron chi connectivity index (χ3n) is 4.15. The maximum Gasteiger partial charge on any atom is 0.279 e. The smallest absolute Gasteiger partial charge is 0.279 e. The largest absolute Gasteiger partial charge is 0.332 e. The Kier molecular flexibility index (Phi) is 4.90. The predicted molar refractivity (Wildman–Crippen MR) is 91.7 cm³/mol. The molecular weight excluding hydrogens is 340 g/mol. The van der Waals surface area contributed by atoms with Crippen LogP contribution in [-0.2, 0) is 11.2 Å². The van der Waals surface area contributed by atoms with Crippen LogP contribution >= 0.6 is 15.9 Å². The number of halogens is 1. The maximum atomic E-state index is 12.2. The van der Waals surface area contributed by atoms with Crippen molar-refractivity contribution < 1.29 is 10.1 Å². The maximum absolute atomic E-state index is 12.2. The molecule has 3 nitrogen and oxygen atoms in total. The van der Waals surface area contributed by atoms with Gasteiger partial charge >= 0.3 is 0 Å². The second-order valence-corrected chi connectivity index (χ2v) is 6.52. The number of hydrogen-bond donors (Lipinski definition) is 2. The van der Waals surface area contributed by atoms with Crippen LogP contribution in [0.25, 0.3) is 0 Å². The molecule has 1 aliphatic rings. The van der Waals surface area contributed by atoms with Crippen molar-refractivity contribution in [3.63, 3.8) is 0 Å². The van der Waals surface area contributed by atoms with Gasteiger partial charge in [-0.2, -0.15) is 0 Å². The van der Waals surface area contributed by atoms with Crippen LogP contribution in [0.5, 0.6) is 0 Å². The molecule has 0 bridgehead atoms. The van der Waals surface area contributed by atoms with E-state index in [4.69, 9.17) is 0 Å². The fourth-order valence-electron chi connectivity index (χ4n) is 3.05. The van der Waals surface area contributed by atoms with Gasteiger partial charge in [0.25, 0.3) is 5.91 Å². The number of carbonyl (C=O) groups is 1. The van der Waals surface area contributed by atoms with Gasteiger partial charge in [0.1, 0.15) is 6.04 Å². The number of fused-ring (bicyclic) bond motifs is 1. The number of aryl methyl sites for hydroxylation is 1. The first-order valence-corrected chi connectivity index (χ1v) is 8.49. The van der Waals surface area contributed by atoms with Crippen LogP contribution in [0.1, 0.15) is 30.0 Å². The van der Waals surface area contributed by atoms with Crippen molar-refractivity contribution in [1.29, 1.82) is 0 Å². The molecule has 3 N–H and O–H groups in total. The van der Waals surface area contributed by atoms with Crippen LogP contribution in [0.2, 0.25) is 0 Å². The number of amides is 1. The number of para-hydroxylation sites is 1. The number of rotatable bonds is 4. The van der Waals surface area contributed by atoms with Crippen LogP contribution < -0.4 is 10.6 Å². The molecule has 4 heteroatoms. The minimum absolute atomic E-state index is 0.0370. The average molecular weight is 360 g/mol. The molecule has 0 radical (unpaired) electrons. The summed E-state index contributed by atoms with van der Waals surface area (Å²) in [6.07, 6.45) is 3.49. The van der Waals surface area contributed by atoms with E-state index in [9.17, 15) is 4.79 Å². The SMILES string of the molecule is O=C(C[NH2+][C@H]1CCCc2ccccc21)Nc1ccccc1Br. The Hall–Kier alpha value is -1.65. The highest BCUT2D eigenvalue weighted by atomic mass is 79.9. The van der Waals surface area contributed by atoms with E-state index < -0.39 is 0 Å². The Morgan fingerprint density at radius 3 is 2.82 bits per heavy atom. The number of hydrogen-bond acceptors (Lipinski definition) is 1. The lowest BCUT2D eigenvalue weighted by molar-refractivity contribution is -0.687. The number of benzene rings is 2.